The Bertz CT molecular complexity index is 732. The normalized spacial score (nSPS) is 13.8. The molecule has 2 aromatic rings. The third kappa shape index (κ3) is 7.48. The molecule has 3 nitrogen and oxygen atoms in total. The van der Waals surface area contributed by atoms with Crippen LogP contribution in [-0.4, -0.2) is 17.6 Å². The van der Waals surface area contributed by atoms with Crippen molar-refractivity contribution >= 4 is 11.6 Å². The minimum atomic E-state index is -0.636. The molecule has 0 spiro atoms. The molecule has 144 valence electrons. The summed E-state index contributed by atoms with van der Waals surface area (Å²) in [6.07, 6.45) is 1.80. The van der Waals surface area contributed by atoms with Crippen molar-refractivity contribution in [2.24, 2.45) is 17.1 Å². The van der Waals surface area contributed by atoms with Crippen LogP contribution in [0.25, 0.3) is 0 Å². The number of carbonyl (C=O) groups excluding carboxylic acids is 2. The second kappa shape index (κ2) is 9.61. The monoisotopic (exact) mass is 365 g/mol. The van der Waals surface area contributed by atoms with E-state index >= 15 is 0 Å². The summed E-state index contributed by atoms with van der Waals surface area (Å²) in [6, 6.07) is 19.1. The molecule has 2 rings (SSSR count). The number of hydrogen-bond donors (Lipinski definition) is 1. The lowest BCUT2D eigenvalue weighted by Crippen LogP contribution is -2.36. The molecule has 2 aromatic carbocycles. The van der Waals surface area contributed by atoms with Gasteiger partial charge in [-0.25, -0.2) is 0 Å². The number of hydrogen-bond acceptors (Lipinski definition) is 3. The third-order valence-corrected chi connectivity index (χ3v) is 4.70. The fraction of sp³-hybridized carbons (Fsp3) is 0.417. The summed E-state index contributed by atoms with van der Waals surface area (Å²) in [5.41, 5.74) is 8.24. The topological polar surface area (TPSA) is 60.2 Å². The lowest BCUT2D eigenvalue weighted by atomic mass is 9.78. The van der Waals surface area contributed by atoms with E-state index in [1.165, 1.54) is 0 Å². The second-order valence-electron chi connectivity index (χ2n) is 8.56. The lowest BCUT2D eigenvalue weighted by Gasteiger charge is -2.25. The fourth-order valence-electron chi connectivity index (χ4n) is 3.37. The molecule has 2 N–H and O–H groups in total. The van der Waals surface area contributed by atoms with Crippen LogP contribution < -0.4 is 5.73 Å². The van der Waals surface area contributed by atoms with E-state index in [9.17, 15) is 9.59 Å². The predicted octanol–water partition coefficient (Wildman–Crippen LogP) is 4.38. The summed E-state index contributed by atoms with van der Waals surface area (Å²) in [4.78, 5) is 25.5. The van der Waals surface area contributed by atoms with Gasteiger partial charge in [0, 0.05) is 5.92 Å². The fourth-order valence-corrected chi connectivity index (χ4v) is 3.37. The van der Waals surface area contributed by atoms with Gasteiger partial charge in [0.05, 0.1) is 12.5 Å². The van der Waals surface area contributed by atoms with Gasteiger partial charge >= 0.3 is 0 Å². The van der Waals surface area contributed by atoms with Crippen molar-refractivity contribution in [1.82, 2.24) is 0 Å². The Hall–Kier alpha value is -2.26. The molecule has 0 radical (unpaired) electrons. The standard InChI is InChI=1S/C24H31NO2/c1-24(2,3)17-20(14-18-10-6-4-7-11-18)22(26)16-23(27)21(25)15-19-12-8-5-9-13-19/h4-13,20-21H,14-17,25H2,1-3H3. The highest BCUT2D eigenvalue weighted by molar-refractivity contribution is 6.02. The first-order valence-electron chi connectivity index (χ1n) is 9.63. The summed E-state index contributed by atoms with van der Waals surface area (Å²) >= 11 is 0. The van der Waals surface area contributed by atoms with Crippen molar-refractivity contribution < 1.29 is 9.59 Å². The first-order valence-corrected chi connectivity index (χ1v) is 9.63. The molecule has 0 saturated heterocycles. The zero-order valence-electron chi connectivity index (χ0n) is 16.7. The zero-order valence-corrected chi connectivity index (χ0v) is 16.7. The van der Waals surface area contributed by atoms with Gasteiger partial charge in [-0.2, -0.15) is 0 Å². The van der Waals surface area contributed by atoms with Crippen LogP contribution >= 0.6 is 0 Å². The predicted molar refractivity (Wildman–Crippen MR) is 110 cm³/mol. The molecule has 2 atom stereocenters. The largest absolute Gasteiger partial charge is 0.321 e. The summed E-state index contributed by atoms with van der Waals surface area (Å²) in [6.45, 7) is 6.38. The zero-order chi connectivity index (χ0) is 19.9. The van der Waals surface area contributed by atoms with E-state index in [0.717, 1.165) is 17.5 Å². The van der Waals surface area contributed by atoms with Crippen LogP contribution in [0.15, 0.2) is 60.7 Å². The Morgan fingerprint density at radius 1 is 0.815 bits per heavy atom. The van der Waals surface area contributed by atoms with Crippen molar-refractivity contribution in [2.45, 2.75) is 52.5 Å². The minimum Gasteiger partial charge on any atom is -0.321 e. The SMILES string of the molecule is CC(C)(C)CC(Cc1ccccc1)C(=O)CC(=O)C(N)Cc1ccccc1. The van der Waals surface area contributed by atoms with Crippen molar-refractivity contribution in [1.29, 1.82) is 0 Å². The van der Waals surface area contributed by atoms with Gasteiger partial charge in [0.1, 0.15) is 5.78 Å². The lowest BCUT2D eigenvalue weighted by molar-refractivity contribution is -0.130. The van der Waals surface area contributed by atoms with Crippen LogP contribution in [0.2, 0.25) is 0 Å². The van der Waals surface area contributed by atoms with Crippen LogP contribution in [-0.2, 0) is 22.4 Å². The smallest absolute Gasteiger partial charge is 0.157 e. The van der Waals surface area contributed by atoms with Gasteiger partial charge in [-0.3, -0.25) is 9.59 Å². The number of rotatable bonds is 9. The average Bonchev–Trinajstić information content (AvgIpc) is 2.61. The van der Waals surface area contributed by atoms with E-state index in [1.807, 2.05) is 60.7 Å². The van der Waals surface area contributed by atoms with Crippen LogP contribution in [0.1, 0.15) is 44.7 Å². The average molecular weight is 366 g/mol. The van der Waals surface area contributed by atoms with Gasteiger partial charge in [-0.1, -0.05) is 81.4 Å². The summed E-state index contributed by atoms with van der Waals surface area (Å²) in [7, 11) is 0. The van der Waals surface area contributed by atoms with E-state index in [2.05, 4.69) is 20.8 Å². The molecule has 0 heterocycles. The van der Waals surface area contributed by atoms with Gasteiger partial charge in [0.25, 0.3) is 0 Å². The summed E-state index contributed by atoms with van der Waals surface area (Å²) in [5.74, 6) is -0.335. The van der Waals surface area contributed by atoms with Crippen molar-refractivity contribution in [3.8, 4) is 0 Å². The third-order valence-electron chi connectivity index (χ3n) is 4.70. The minimum absolute atomic E-state index is 0.00212. The van der Waals surface area contributed by atoms with Crippen LogP contribution in [0.4, 0.5) is 0 Å². The molecule has 0 amide bonds. The van der Waals surface area contributed by atoms with Crippen molar-refractivity contribution in [3.05, 3.63) is 71.8 Å². The maximum Gasteiger partial charge on any atom is 0.157 e. The van der Waals surface area contributed by atoms with Crippen molar-refractivity contribution in [3.63, 3.8) is 0 Å². The molecule has 0 saturated carbocycles. The second-order valence-corrected chi connectivity index (χ2v) is 8.56. The number of ketones is 2. The molecule has 0 aliphatic rings. The molecule has 2 unspecified atom stereocenters. The highest BCUT2D eigenvalue weighted by Crippen LogP contribution is 2.28. The number of Topliss-reactive ketones (excluding diaryl/α,β-unsaturated/α-hetero) is 2. The van der Waals surface area contributed by atoms with E-state index < -0.39 is 6.04 Å². The highest BCUT2D eigenvalue weighted by Gasteiger charge is 2.28. The molecular weight excluding hydrogens is 334 g/mol. The Morgan fingerprint density at radius 3 is 1.78 bits per heavy atom. The quantitative estimate of drug-likeness (QED) is 0.671. The summed E-state index contributed by atoms with van der Waals surface area (Å²) in [5, 5.41) is 0. The van der Waals surface area contributed by atoms with Crippen LogP contribution in [0.3, 0.4) is 0 Å². The number of nitrogens with two attached hydrogens (primary N) is 1. The highest BCUT2D eigenvalue weighted by atomic mass is 16.1. The molecule has 0 aliphatic carbocycles. The van der Waals surface area contributed by atoms with E-state index in [0.29, 0.717) is 12.8 Å². The van der Waals surface area contributed by atoms with E-state index in [1.54, 1.807) is 0 Å². The maximum absolute atomic E-state index is 12.9. The van der Waals surface area contributed by atoms with Gasteiger partial charge in [-0.05, 0) is 35.8 Å². The molecule has 0 fully saturated rings. The Labute approximate surface area is 163 Å². The van der Waals surface area contributed by atoms with Crippen LogP contribution in [0, 0.1) is 11.3 Å². The van der Waals surface area contributed by atoms with Gasteiger partial charge in [-0.15, -0.1) is 0 Å². The van der Waals surface area contributed by atoms with Crippen LogP contribution in [0.5, 0.6) is 0 Å². The Balaban J connectivity index is 2.02. The molecule has 3 heteroatoms. The Morgan fingerprint density at radius 2 is 1.30 bits per heavy atom. The maximum atomic E-state index is 12.9. The Kier molecular flexibility index (Phi) is 7.49. The van der Waals surface area contributed by atoms with Gasteiger partial charge in [0.15, 0.2) is 5.78 Å². The molecule has 0 aliphatic heterocycles. The van der Waals surface area contributed by atoms with Gasteiger partial charge in [0.2, 0.25) is 0 Å². The van der Waals surface area contributed by atoms with Crippen molar-refractivity contribution in [2.75, 3.05) is 0 Å². The summed E-state index contributed by atoms with van der Waals surface area (Å²) < 4.78 is 0. The number of benzene rings is 2. The van der Waals surface area contributed by atoms with E-state index in [4.69, 9.17) is 5.73 Å². The first kappa shape index (κ1) is 21.0. The van der Waals surface area contributed by atoms with E-state index in [-0.39, 0.29) is 29.3 Å². The molecular formula is C24H31NO2. The van der Waals surface area contributed by atoms with Gasteiger partial charge < -0.3 is 5.73 Å². The number of carbonyl (C=O) groups is 2. The molecule has 0 bridgehead atoms. The molecule has 27 heavy (non-hydrogen) atoms. The molecule has 0 aromatic heterocycles. The first-order chi connectivity index (χ1) is 12.7.